The second kappa shape index (κ2) is 6.99. The van der Waals surface area contributed by atoms with Crippen LogP contribution in [0.15, 0.2) is 24.3 Å². The number of nitrogens with one attached hydrogen (secondary N) is 1. The average Bonchev–Trinajstić information content (AvgIpc) is 3.09. The van der Waals surface area contributed by atoms with Crippen LogP contribution in [0.25, 0.3) is 0 Å². The summed E-state index contributed by atoms with van der Waals surface area (Å²) in [5.74, 6) is -1.40. The molecule has 2 aliphatic rings. The summed E-state index contributed by atoms with van der Waals surface area (Å²) in [6.07, 6.45) is 0.917. The fourth-order valence-corrected chi connectivity index (χ4v) is 4.30. The van der Waals surface area contributed by atoms with Crippen LogP contribution in [-0.4, -0.2) is 39.4 Å². The molecule has 8 nitrogen and oxygen atoms in total. The molecule has 0 saturated carbocycles. The second-order valence-electron chi connectivity index (χ2n) is 6.48. The van der Waals surface area contributed by atoms with Crippen molar-refractivity contribution in [2.75, 3.05) is 6.61 Å². The number of rotatable bonds is 5. The minimum Gasteiger partial charge on any atom is -0.579 e. The van der Waals surface area contributed by atoms with Crippen molar-refractivity contribution in [1.82, 2.24) is 5.32 Å². The van der Waals surface area contributed by atoms with Gasteiger partial charge in [0, 0.05) is 12.8 Å². The van der Waals surface area contributed by atoms with Gasteiger partial charge in [-0.3, -0.25) is 4.79 Å². The predicted molar refractivity (Wildman–Crippen MR) is 92.3 cm³/mol. The Labute approximate surface area is 154 Å². The molecule has 0 radical (unpaired) electrons. The SMILES string of the molecule is CCOC(=O)C1(Cc2ccc(C3CC(=O)[N+]([O-])(O)S3)cc2)CCC(=O)N1. The number of ether oxygens (including phenoxy) is 1. The molecule has 9 heteroatoms. The van der Waals surface area contributed by atoms with Crippen molar-refractivity contribution >= 4 is 29.7 Å². The van der Waals surface area contributed by atoms with Gasteiger partial charge in [-0.05, 0) is 24.5 Å². The van der Waals surface area contributed by atoms with Crippen molar-refractivity contribution in [2.24, 2.45) is 0 Å². The molecule has 0 aromatic heterocycles. The number of esters is 1. The van der Waals surface area contributed by atoms with Gasteiger partial charge in [-0.2, -0.15) is 5.21 Å². The highest BCUT2D eigenvalue weighted by molar-refractivity contribution is 7.94. The van der Waals surface area contributed by atoms with Crippen LogP contribution in [0.1, 0.15) is 42.6 Å². The third kappa shape index (κ3) is 3.61. The molecule has 2 amide bonds. The van der Waals surface area contributed by atoms with Crippen LogP contribution < -0.4 is 5.32 Å². The minimum absolute atomic E-state index is 0.0349. The van der Waals surface area contributed by atoms with Crippen LogP contribution in [0.2, 0.25) is 0 Å². The van der Waals surface area contributed by atoms with Gasteiger partial charge in [0.15, 0.2) is 0 Å². The Morgan fingerprint density at radius 1 is 1.42 bits per heavy atom. The summed E-state index contributed by atoms with van der Waals surface area (Å²) in [5.41, 5.74) is 0.515. The number of hydrogen-bond acceptors (Lipinski definition) is 7. The maximum atomic E-state index is 12.4. The van der Waals surface area contributed by atoms with E-state index >= 15 is 0 Å². The van der Waals surface area contributed by atoms with E-state index in [2.05, 4.69) is 5.32 Å². The van der Waals surface area contributed by atoms with Crippen molar-refractivity contribution in [3.63, 3.8) is 0 Å². The van der Waals surface area contributed by atoms with Crippen molar-refractivity contribution in [2.45, 2.75) is 43.4 Å². The van der Waals surface area contributed by atoms with Gasteiger partial charge in [0.25, 0.3) is 0 Å². The van der Waals surface area contributed by atoms with E-state index in [0.29, 0.717) is 24.8 Å². The number of nitrogens with zero attached hydrogens (tertiary/aromatic N) is 1. The Kier molecular flexibility index (Phi) is 5.07. The summed E-state index contributed by atoms with van der Waals surface area (Å²) in [6.45, 7) is 1.95. The van der Waals surface area contributed by atoms with Crippen LogP contribution in [-0.2, 0) is 25.5 Å². The third-order valence-electron chi connectivity index (χ3n) is 4.63. The van der Waals surface area contributed by atoms with E-state index in [4.69, 9.17) is 4.74 Å². The van der Waals surface area contributed by atoms with Gasteiger partial charge in [-0.1, -0.05) is 28.5 Å². The Hall–Kier alpha value is -1.94. The first-order valence-corrected chi connectivity index (χ1v) is 9.21. The lowest BCUT2D eigenvalue weighted by Gasteiger charge is -2.27. The first-order valence-electron chi connectivity index (χ1n) is 8.37. The zero-order valence-corrected chi connectivity index (χ0v) is 15.1. The Balaban J connectivity index is 1.75. The Morgan fingerprint density at radius 3 is 2.62 bits per heavy atom. The zero-order chi connectivity index (χ0) is 18.9. The number of hydroxylamine groups is 2. The Bertz CT molecular complexity index is 735. The fraction of sp³-hybridized carbons (Fsp3) is 0.471. The molecule has 2 aliphatic heterocycles. The van der Waals surface area contributed by atoms with Gasteiger partial charge in [0.2, 0.25) is 5.91 Å². The highest BCUT2D eigenvalue weighted by atomic mass is 32.2. The quantitative estimate of drug-likeness (QED) is 0.263. The highest BCUT2D eigenvalue weighted by Gasteiger charge is 2.46. The van der Waals surface area contributed by atoms with Crippen LogP contribution in [0.4, 0.5) is 0 Å². The van der Waals surface area contributed by atoms with Gasteiger partial charge in [0.1, 0.15) is 22.7 Å². The van der Waals surface area contributed by atoms with E-state index in [0.717, 1.165) is 11.1 Å². The lowest BCUT2D eigenvalue weighted by Crippen LogP contribution is -2.51. The predicted octanol–water partition coefficient (Wildman–Crippen LogP) is 1.76. The van der Waals surface area contributed by atoms with Gasteiger partial charge >= 0.3 is 11.9 Å². The largest absolute Gasteiger partial charge is 0.579 e. The third-order valence-corrected chi connectivity index (χ3v) is 5.81. The average molecular weight is 380 g/mol. The summed E-state index contributed by atoms with van der Waals surface area (Å²) in [7, 11) is 0. The number of quaternary nitrogens is 1. The van der Waals surface area contributed by atoms with Crippen LogP contribution in [0.5, 0.6) is 0 Å². The van der Waals surface area contributed by atoms with E-state index in [9.17, 15) is 24.8 Å². The summed E-state index contributed by atoms with van der Waals surface area (Å²) in [4.78, 5) is 35.5. The summed E-state index contributed by atoms with van der Waals surface area (Å²) in [6, 6.07) is 7.12. The van der Waals surface area contributed by atoms with Crippen molar-refractivity contribution in [3.8, 4) is 0 Å². The van der Waals surface area contributed by atoms with Gasteiger partial charge in [-0.15, -0.1) is 0 Å². The summed E-state index contributed by atoms with van der Waals surface area (Å²) < 4.78 is 3.22. The van der Waals surface area contributed by atoms with Crippen molar-refractivity contribution in [1.29, 1.82) is 0 Å². The molecule has 2 fully saturated rings. The molecule has 140 valence electrons. The highest BCUT2D eigenvalue weighted by Crippen LogP contribution is 2.45. The van der Waals surface area contributed by atoms with Crippen molar-refractivity contribution in [3.05, 3.63) is 40.6 Å². The van der Waals surface area contributed by atoms with Crippen LogP contribution >= 0.6 is 11.9 Å². The smallest absolute Gasteiger partial charge is 0.359 e. The molecule has 0 bridgehead atoms. The zero-order valence-electron chi connectivity index (χ0n) is 14.3. The Morgan fingerprint density at radius 2 is 2.12 bits per heavy atom. The van der Waals surface area contributed by atoms with Gasteiger partial charge < -0.3 is 15.3 Å². The van der Waals surface area contributed by atoms with Crippen LogP contribution in [0.3, 0.4) is 0 Å². The van der Waals surface area contributed by atoms with Gasteiger partial charge in [-0.25, -0.2) is 9.59 Å². The van der Waals surface area contributed by atoms with E-state index in [-0.39, 0.29) is 25.4 Å². The fourth-order valence-electron chi connectivity index (χ4n) is 3.27. The topological polar surface area (TPSA) is 116 Å². The minimum atomic E-state index is -1.91. The molecular formula is C17H20N2O6S. The first kappa shape index (κ1) is 18.8. The lowest BCUT2D eigenvalue weighted by atomic mass is 9.89. The lowest BCUT2D eigenvalue weighted by molar-refractivity contribution is -0.880. The number of benzene rings is 1. The normalized spacial score (nSPS) is 31.1. The first-order chi connectivity index (χ1) is 12.3. The van der Waals surface area contributed by atoms with Crippen LogP contribution in [0, 0.1) is 5.21 Å². The van der Waals surface area contributed by atoms with Crippen molar-refractivity contribution < 1.29 is 28.5 Å². The second-order valence-corrected chi connectivity index (χ2v) is 7.76. The van der Waals surface area contributed by atoms with E-state index in [1.54, 1.807) is 31.2 Å². The molecule has 26 heavy (non-hydrogen) atoms. The molecule has 0 spiro atoms. The molecule has 2 saturated heterocycles. The van der Waals surface area contributed by atoms with E-state index < -0.39 is 26.9 Å². The standard InChI is InChI=1S/C17H20N2O6S/c1-2-25-16(22)17(8-7-14(20)18-17)10-11-3-5-12(6-4-11)13-9-15(21)19(23,24)26-13/h3-6,13,23H,2,7-10H2,1H3,(H,18,20). The molecule has 3 unspecified atom stereocenters. The molecule has 2 N–H and O–H groups in total. The maximum absolute atomic E-state index is 12.4. The number of carbonyl (C=O) groups is 3. The molecule has 3 rings (SSSR count). The molecule has 0 aliphatic carbocycles. The molecule has 2 heterocycles. The molecular weight excluding hydrogens is 360 g/mol. The van der Waals surface area contributed by atoms with Gasteiger partial charge in [0.05, 0.1) is 13.0 Å². The number of amides is 2. The monoisotopic (exact) mass is 380 g/mol. The molecule has 3 atom stereocenters. The molecule has 1 aromatic carbocycles. The van der Waals surface area contributed by atoms with E-state index in [1.165, 1.54) is 0 Å². The summed E-state index contributed by atoms with van der Waals surface area (Å²) >= 11 is 0.636. The molecule has 1 aromatic rings. The number of hydrogen-bond donors (Lipinski definition) is 2. The maximum Gasteiger partial charge on any atom is 0.359 e. The summed E-state index contributed by atoms with van der Waals surface area (Å²) in [5, 5.41) is 23.3. The van der Waals surface area contributed by atoms with E-state index in [1.807, 2.05) is 0 Å². The number of carbonyl (C=O) groups excluding carboxylic acids is 3.